The van der Waals surface area contributed by atoms with Crippen LogP contribution in [0.1, 0.15) is 16.3 Å². The van der Waals surface area contributed by atoms with E-state index in [0.717, 1.165) is 26.8 Å². The lowest BCUT2D eigenvalue weighted by molar-refractivity contribution is -0.125. The zero-order chi connectivity index (χ0) is 17.8. The molecule has 0 aliphatic carbocycles. The van der Waals surface area contributed by atoms with E-state index in [-0.39, 0.29) is 11.7 Å². The third-order valence-electron chi connectivity index (χ3n) is 3.60. The Kier molecular flexibility index (Phi) is 5.09. The second-order valence-corrected chi connectivity index (χ2v) is 6.78. The maximum absolute atomic E-state index is 13.0. The molecule has 1 amide bonds. The zero-order valence-electron chi connectivity index (χ0n) is 13.9. The SMILES string of the molecule is Cc1cc(CN(C)C(=O)/C=C/c2ccc(-c3ccc(F)cc3)s2)no1. The molecule has 1 aromatic carbocycles. The van der Waals surface area contributed by atoms with Crippen LogP contribution in [0.15, 0.2) is 53.1 Å². The number of carbonyl (C=O) groups excluding carboxylic acids is 1. The summed E-state index contributed by atoms with van der Waals surface area (Å²) >= 11 is 1.55. The van der Waals surface area contributed by atoms with E-state index in [0.29, 0.717) is 6.54 Å². The second kappa shape index (κ2) is 7.44. The molecule has 4 nitrogen and oxygen atoms in total. The fourth-order valence-corrected chi connectivity index (χ4v) is 3.22. The van der Waals surface area contributed by atoms with Crippen molar-refractivity contribution >= 4 is 23.3 Å². The van der Waals surface area contributed by atoms with Gasteiger partial charge in [-0.05, 0) is 42.8 Å². The van der Waals surface area contributed by atoms with Gasteiger partial charge in [0.05, 0.1) is 6.54 Å². The van der Waals surface area contributed by atoms with Crippen LogP contribution < -0.4 is 0 Å². The van der Waals surface area contributed by atoms with Crippen LogP contribution >= 0.6 is 11.3 Å². The van der Waals surface area contributed by atoms with Crippen molar-refractivity contribution in [3.05, 3.63) is 70.7 Å². The monoisotopic (exact) mass is 356 g/mol. The number of nitrogens with zero attached hydrogens (tertiary/aromatic N) is 2. The quantitative estimate of drug-likeness (QED) is 0.631. The normalized spacial score (nSPS) is 11.2. The van der Waals surface area contributed by atoms with Gasteiger partial charge in [0, 0.05) is 28.9 Å². The van der Waals surface area contributed by atoms with E-state index in [1.54, 1.807) is 41.5 Å². The molecule has 0 fully saturated rings. The van der Waals surface area contributed by atoms with E-state index in [4.69, 9.17) is 4.52 Å². The van der Waals surface area contributed by atoms with Gasteiger partial charge in [-0.3, -0.25) is 4.79 Å². The maximum atomic E-state index is 13.0. The zero-order valence-corrected chi connectivity index (χ0v) is 14.7. The van der Waals surface area contributed by atoms with Gasteiger partial charge in [-0.1, -0.05) is 17.3 Å². The third-order valence-corrected chi connectivity index (χ3v) is 4.70. The minimum atomic E-state index is -0.253. The van der Waals surface area contributed by atoms with Gasteiger partial charge >= 0.3 is 0 Å². The van der Waals surface area contributed by atoms with Gasteiger partial charge in [0.25, 0.3) is 0 Å². The first kappa shape index (κ1) is 17.1. The van der Waals surface area contributed by atoms with E-state index >= 15 is 0 Å². The molecule has 6 heteroatoms. The summed E-state index contributed by atoms with van der Waals surface area (Å²) in [5.74, 6) is 0.354. The molecule has 0 unspecified atom stereocenters. The predicted molar refractivity (Wildman–Crippen MR) is 96.5 cm³/mol. The summed E-state index contributed by atoms with van der Waals surface area (Å²) in [6.45, 7) is 2.21. The molecule has 0 saturated carbocycles. The molecule has 0 atom stereocenters. The van der Waals surface area contributed by atoms with Crippen molar-refractivity contribution in [2.75, 3.05) is 7.05 Å². The number of halogens is 1. The number of rotatable bonds is 5. The fourth-order valence-electron chi connectivity index (χ4n) is 2.31. The number of hydrogen-bond acceptors (Lipinski definition) is 4. The van der Waals surface area contributed by atoms with Crippen molar-refractivity contribution in [3.8, 4) is 10.4 Å². The average molecular weight is 356 g/mol. The molecule has 3 rings (SSSR count). The summed E-state index contributed by atoms with van der Waals surface area (Å²) in [6.07, 6.45) is 3.32. The van der Waals surface area contributed by atoms with Crippen molar-refractivity contribution in [1.29, 1.82) is 0 Å². The number of likely N-dealkylation sites (N-methyl/N-ethyl adjacent to an activating group) is 1. The molecule has 128 valence electrons. The van der Waals surface area contributed by atoms with Crippen molar-refractivity contribution in [2.45, 2.75) is 13.5 Å². The van der Waals surface area contributed by atoms with Crippen LogP contribution in [0.3, 0.4) is 0 Å². The molecule has 0 N–H and O–H groups in total. The van der Waals surface area contributed by atoms with E-state index < -0.39 is 0 Å². The lowest BCUT2D eigenvalue weighted by atomic mass is 10.2. The molecule has 0 spiro atoms. The first-order valence-corrected chi connectivity index (χ1v) is 8.54. The van der Waals surface area contributed by atoms with Crippen LogP contribution in [-0.4, -0.2) is 23.0 Å². The van der Waals surface area contributed by atoms with Gasteiger partial charge < -0.3 is 9.42 Å². The van der Waals surface area contributed by atoms with Gasteiger partial charge in [0.2, 0.25) is 5.91 Å². The van der Waals surface area contributed by atoms with Gasteiger partial charge in [-0.15, -0.1) is 11.3 Å². The molecule has 0 aliphatic heterocycles. The van der Waals surface area contributed by atoms with E-state index in [9.17, 15) is 9.18 Å². The number of benzene rings is 1. The molecule has 0 radical (unpaired) electrons. The highest BCUT2D eigenvalue weighted by Gasteiger charge is 2.09. The molecule has 3 aromatic rings. The van der Waals surface area contributed by atoms with Crippen LogP contribution in [0.2, 0.25) is 0 Å². The highest BCUT2D eigenvalue weighted by Crippen LogP contribution is 2.28. The van der Waals surface area contributed by atoms with E-state index in [1.807, 2.05) is 25.1 Å². The van der Waals surface area contributed by atoms with Crippen molar-refractivity contribution in [3.63, 3.8) is 0 Å². The number of aromatic nitrogens is 1. The van der Waals surface area contributed by atoms with Gasteiger partial charge in [0.1, 0.15) is 17.3 Å². The number of thiophene rings is 1. The summed E-state index contributed by atoms with van der Waals surface area (Å²) in [7, 11) is 1.72. The predicted octanol–water partition coefficient (Wildman–Crippen LogP) is 4.52. The Hall–Kier alpha value is -2.73. The number of carbonyl (C=O) groups is 1. The summed E-state index contributed by atoms with van der Waals surface area (Å²) in [6, 6.07) is 12.1. The number of aryl methyl sites for hydroxylation is 1. The Balaban J connectivity index is 1.63. The van der Waals surface area contributed by atoms with Crippen LogP contribution in [0, 0.1) is 12.7 Å². The average Bonchev–Trinajstić information content (AvgIpc) is 3.22. The Labute approximate surface area is 149 Å². The molecule has 0 saturated heterocycles. The summed E-state index contributed by atoms with van der Waals surface area (Å²) < 4.78 is 18.0. The summed E-state index contributed by atoms with van der Waals surface area (Å²) in [4.78, 5) is 15.7. The standard InChI is InChI=1S/C19H17FN2O2S/c1-13-11-16(21-24-13)12-22(2)19(23)10-8-17-7-9-18(25-17)14-3-5-15(20)6-4-14/h3-11H,12H2,1-2H3/b10-8+. The first-order valence-electron chi connectivity index (χ1n) is 7.72. The smallest absolute Gasteiger partial charge is 0.246 e. The lowest BCUT2D eigenvalue weighted by Gasteiger charge is -2.12. The Morgan fingerprint density at radius 1 is 1.28 bits per heavy atom. The van der Waals surface area contributed by atoms with E-state index in [1.165, 1.54) is 18.2 Å². The van der Waals surface area contributed by atoms with Gasteiger partial charge in [-0.2, -0.15) is 0 Å². The molecule has 2 heterocycles. The molecule has 0 bridgehead atoms. The maximum Gasteiger partial charge on any atom is 0.246 e. The number of amides is 1. The molecule has 2 aromatic heterocycles. The minimum Gasteiger partial charge on any atom is -0.361 e. The van der Waals surface area contributed by atoms with Gasteiger partial charge in [0.15, 0.2) is 0 Å². The highest BCUT2D eigenvalue weighted by molar-refractivity contribution is 7.16. The Morgan fingerprint density at radius 2 is 2.04 bits per heavy atom. The fraction of sp³-hybridized carbons (Fsp3) is 0.158. The van der Waals surface area contributed by atoms with Gasteiger partial charge in [-0.25, -0.2) is 4.39 Å². The topological polar surface area (TPSA) is 46.3 Å². The largest absolute Gasteiger partial charge is 0.361 e. The third kappa shape index (κ3) is 4.42. The van der Waals surface area contributed by atoms with E-state index in [2.05, 4.69) is 5.16 Å². The van der Waals surface area contributed by atoms with Crippen LogP contribution in [0.25, 0.3) is 16.5 Å². The minimum absolute atomic E-state index is 0.114. The van der Waals surface area contributed by atoms with Crippen molar-refractivity contribution < 1.29 is 13.7 Å². The molecular weight excluding hydrogens is 339 g/mol. The molecular formula is C19H17FN2O2S. The lowest BCUT2D eigenvalue weighted by Crippen LogP contribution is -2.24. The summed E-state index contributed by atoms with van der Waals surface area (Å²) in [5.41, 5.74) is 1.67. The second-order valence-electron chi connectivity index (χ2n) is 5.67. The molecule has 0 aliphatic rings. The summed E-state index contributed by atoms with van der Waals surface area (Å²) in [5, 5.41) is 3.88. The van der Waals surface area contributed by atoms with Crippen LogP contribution in [0.5, 0.6) is 0 Å². The van der Waals surface area contributed by atoms with Crippen molar-refractivity contribution in [2.24, 2.45) is 0 Å². The molecule has 25 heavy (non-hydrogen) atoms. The Morgan fingerprint density at radius 3 is 2.72 bits per heavy atom. The van der Waals surface area contributed by atoms with Crippen molar-refractivity contribution in [1.82, 2.24) is 10.1 Å². The number of hydrogen-bond donors (Lipinski definition) is 0. The first-order chi connectivity index (χ1) is 12.0. The van der Waals surface area contributed by atoms with Crippen LogP contribution in [0.4, 0.5) is 4.39 Å². The highest BCUT2D eigenvalue weighted by atomic mass is 32.1. The van der Waals surface area contributed by atoms with Crippen LogP contribution in [-0.2, 0) is 11.3 Å². The Bertz CT molecular complexity index is 896.